The maximum atomic E-state index is 5.96. The third-order valence-electron chi connectivity index (χ3n) is 5.49. The maximum Gasteiger partial charge on any atom is 0.0753 e. The van der Waals surface area contributed by atoms with E-state index in [-0.39, 0.29) is 6.04 Å². The second-order valence-electron chi connectivity index (χ2n) is 6.33. The SMILES string of the molecule is C[C@H](N[C@@H]1[C@@H]2CCO[C@@H]2C12CCC2)c1cnccn1. The van der Waals surface area contributed by atoms with Crippen LogP contribution in [0.25, 0.3) is 0 Å². The lowest BCUT2D eigenvalue weighted by Gasteiger charge is -2.64. The van der Waals surface area contributed by atoms with Gasteiger partial charge in [0.25, 0.3) is 0 Å². The van der Waals surface area contributed by atoms with Gasteiger partial charge in [0.05, 0.1) is 11.8 Å². The Morgan fingerprint density at radius 2 is 2.32 bits per heavy atom. The summed E-state index contributed by atoms with van der Waals surface area (Å²) in [7, 11) is 0. The highest BCUT2D eigenvalue weighted by atomic mass is 16.5. The highest BCUT2D eigenvalue weighted by Gasteiger charge is 2.66. The summed E-state index contributed by atoms with van der Waals surface area (Å²) in [5.41, 5.74) is 1.48. The molecule has 0 bridgehead atoms. The lowest BCUT2D eigenvalue weighted by Crippen LogP contribution is -2.71. The van der Waals surface area contributed by atoms with Crippen LogP contribution < -0.4 is 5.32 Å². The third-order valence-corrected chi connectivity index (χ3v) is 5.49. The van der Waals surface area contributed by atoms with Gasteiger partial charge in [-0.3, -0.25) is 9.97 Å². The number of aromatic nitrogens is 2. The van der Waals surface area contributed by atoms with Crippen LogP contribution in [0, 0.1) is 11.3 Å². The first-order valence-corrected chi connectivity index (χ1v) is 7.45. The topological polar surface area (TPSA) is 47.0 Å². The minimum Gasteiger partial charge on any atom is -0.377 e. The van der Waals surface area contributed by atoms with Crippen LogP contribution in [-0.2, 0) is 4.74 Å². The van der Waals surface area contributed by atoms with Gasteiger partial charge in [-0.1, -0.05) is 6.42 Å². The average molecular weight is 259 g/mol. The van der Waals surface area contributed by atoms with Gasteiger partial charge < -0.3 is 10.1 Å². The summed E-state index contributed by atoms with van der Waals surface area (Å²) in [5.74, 6) is 0.722. The molecule has 2 saturated carbocycles. The van der Waals surface area contributed by atoms with Crippen LogP contribution in [0.4, 0.5) is 0 Å². The van der Waals surface area contributed by atoms with Crippen molar-refractivity contribution in [2.24, 2.45) is 11.3 Å². The van der Waals surface area contributed by atoms with Crippen molar-refractivity contribution in [3.8, 4) is 0 Å². The van der Waals surface area contributed by atoms with E-state index in [9.17, 15) is 0 Å². The Hall–Kier alpha value is -1.00. The number of fused-ring (bicyclic) bond motifs is 2. The molecule has 2 heterocycles. The predicted octanol–water partition coefficient (Wildman–Crippen LogP) is 2.08. The molecular weight excluding hydrogens is 238 g/mol. The molecule has 102 valence electrons. The van der Waals surface area contributed by atoms with E-state index in [2.05, 4.69) is 22.2 Å². The van der Waals surface area contributed by atoms with Crippen LogP contribution in [0.2, 0.25) is 0 Å². The summed E-state index contributed by atoms with van der Waals surface area (Å²) >= 11 is 0. The van der Waals surface area contributed by atoms with E-state index in [4.69, 9.17) is 4.74 Å². The molecule has 4 heteroatoms. The first-order chi connectivity index (χ1) is 9.31. The number of nitrogens with zero attached hydrogens (tertiary/aromatic N) is 2. The molecule has 1 N–H and O–H groups in total. The Bertz CT molecular complexity index is 460. The Labute approximate surface area is 114 Å². The molecular formula is C15H21N3O. The molecule has 1 aromatic heterocycles. The molecule has 0 unspecified atom stereocenters. The predicted molar refractivity (Wildman–Crippen MR) is 71.5 cm³/mol. The molecule has 0 radical (unpaired) electrons. The highest BCUT2D eigenvalue weighted by Crippen LogP contribution is 2.63. The molecule has 4 rings (SSSR count). The van der Waals surface area contributed by atoms with Crippen LogP contribution in [-0.4, -0.2) is 28.7 Å². The quantitative estimate of drug-likeness (QED) is 0.903. The standard InChI is InChI=1S/C15H21N3O/c1-10(12-9-16-6-7-17-12)18-13-11-3-8-19-14(11)15(13)4-2-5-15/h6-7,9-11,13-14,18H,2-5,8H2,1H3/t10-,11-,13+,14-/m0/s1. The Morgan fingerprint density at radius 1 is 1.42 bits per heavy atom. The fourth-order valence-electron chi connectivity index (χ4n) is 4.38. The zero-order chi connectivity index (χ0) is 12.9. The normalized spacial score (nSPS) is 36.4. The second kappa shape index (κ2) is 4.25. The molecule has 1 saturated heterocycles. The minimum absolute atomic E-state index is 0.276. The molecule has 3 fully saturated rings. The number of ether oxygens (including phenoxy) is 1. The smallest absolute Gasteiger partial charge is 0.0753 e. The first-order valence-electron chi connectivity index (χ1n) is 7.45. The fraction of sp³-hybridized carbons (Fsp3) is 0.733. The van der Waals surface area contributed by atoms with Crippen LogP contribution in [0.5, 0.6) is 0 Å². The average Bonchev–Trinajstić information content (AvgIpc) is 2.80. The van der Waals surface area contributed by atoms with Gasteiger partial charge in [-0.2, -0.15) is 0 Å². The summed E-state index contributed by atoms with van der Waals surface area (Å²) in [5, 5.41) is 3.81. The lowest BCUT2D eigenvalue weighted by molar-refractivity contribution is -0.178. The first kappa shape index (κ1) is 11.8. The third kappa shape index (κ3) is 1.59. The van der Waals surface area contributed by atoms with Crippen molar-refractivity contribution < 1.29 is 4.74 Å². The summed E-state index contributed by atoms with van der Waals surface area (Å²) in [6.07, 6.45) is 11.2. The van der Waals surface area contributed by atoms with Gasteiger partial charge in [-0.15, -0.1) is 0 Å². The Kier molecular flexibility index (Phi) is 2.64. The van der Waals surface area contributed by atoms with Crippen molar-refractivity contribution in [1.29, 1.82) is 0 Å². The van der Waals surface area contributed by atoms with Crippen molar-refractivity contribution in [3.05, 3.63) is 24.3 Å². The van der Waals surface area contributed by atoms with E-state index in [0.29, 0.717) is 17.6 Å². The zero-order valence-corrected chi connectivity index (χ0v) is 11.4. The van der Waals surface area contributed by atoms with Crippen LogP contribution in [0.1, 0.15) is 44.3 Å². The van der Waals surface area contributed by atoms with Gasteiger partial charge in [0, 0.05) is 48.6 Å². The van der Waals surface area contributed by atoms with Crippen molar-refractivity contribution in [2.75, 3.05) is 6.61 Å². The molecule has 1 spiro atoms. The molecule has 3 aliphatic rings. The molecule has 4 atom stereocenters. The number of nitrogens with one attached hydrogen (secondary N) is 1. The fourth-order valence-corrected chi connectivity index (χ4v) is 4.38. The minimum atomic E-state index is 0.276. The summed E-state index contributed by atoms with van der Waals surface area (Å²) in [6.45, 7) is 3.15. The zero-order valence-electron chi connectivity index (χ0n) is 11.4. The summed E-state index contributed by atoms with van der Waals surface area (Å²) < 4.78 is 5.96. The lowest BCUT2D eigenvalue weighted by atomic mass is 9.46. The van der Waals surface area contributed by atoms with Gasteiger partial charge >= 0.3 is 0 Å². The van der Waals surface area contributed by atoms with Crippen molar-refractivity contribution in [3.63, 3.8) is 0 Å². The van der Waals surface area contributed by atoms with E-state index in [1.54, 1.807) is 12.4 Å². The number of rotatable bonds is 3. The van der Waals surface area contributed by atoms with Crippen LogP contribution in [0.3, 0.4) is 0 Å². The Balaban J connectivity index is 1.50. The van der Waals surface area contributed by atoms with Gasteiger partial charge in [0.1, 0.15) is 0 Å². The molecule has 0 aromatic carbocycles. The highest BCUT2D eigenvalue weighted by molar-refractivity contribution is 5.19. The molecule has 1 aliphatic heterocycles. The number of hydrogen-bond acceptors (Lipinski definition) is 4. The molecule has 19 heavy (non-hydrogen) atoms. The molecule has 2 aliphatic carbocycles. The van der Waals surface area contributed by atoms with Crippen LogP contribution in [0.15, 0.2) is 18.6 Å². The number of hydrogen-bond donors (Lipinski definition) is 1. The largest absolute Gasteiger partial charge is 0.377 e. The monoisotopic (exact) mass is 259 g/mol. The van der Waals surface area contributed by atoms with Gasteiger partial charge in [0.15, 0.2) is 0 Å². The van der Waals surface area contributed by atoms with Gasteiger partial charge in [0.2, 0.25) is 0 Å². The molecule has 0 amide bonds. The molecule has 1 aromatic rings. The van der Waals surface area contributed by atoms with E-state index >= 15 is 0 Å². The van der Waals surface area contributed by atoms with Gasteiger partial charge in [-0.05, 0) is 26.2 Å². The van der Waals surface area contributed by atoms with Crippen LogP contribution >= 0.6 is 0 Å². The van der Waals surface area contributed by atoms with Crippen molar-refractivity contribution in [1.82, 2.24) is 15.3 Å². The Morgan fingerprint density at radius 3 is 3.00 bits per heavy atom. The van der Waals surface area contributed by atoms with E-state index in [1.807, 2.05) is 6.20 Å². The second-order valence-corrected chi connectivity index (χ2v) is 6.33. The van der Waals surface area contributed by atoms with Crippen molar-refractivity contribution in [2.45, 2.75) is 50.8 Å². The molecule has 4 nitrogen and oxygen atoms in total. The summed E-state index contributed by atoms with van der Waals surface area (Å²) in [6, 6.07) is 0.892. The van der Waals surface area contributed by atoms with Crippen molar-refractivity contribution >= 4 is 0 Å². The maximum absolute atomic E-state index is 5.96. The summed E-state index contributed by atoms with van der Waals surface area (Å²) in [4.78, 5) is 8.58. The van der Waals surface area contributed by atoms with Gasteiger partial charge in [-0.25, -0.2) is 0 Å². The van der Waals surface area contributed by atoms with E-state index in [0.717, 1.165) is 18.2 Å². The van der Waals surface area contributed by atoms with E-state index < -0.39 is 0 Å². The van der Waals surface area contributed by atoms with E-state index in [1.165, 1.54) is 25.7 Å².